The van der Waals surface area contributed by atoms with E-state index in [1.54, 1.807) is 0 Å². The number of ether oxygens (including phenoxy) is 9. The van der Waals surface area contributed by atoms with E-state index < -0.39 is 0 Å². The van der Waals surface area contributed by atoms with Crippen molar-refractivity contribution in [3.8, 4) is 0 Å². The Morgan fingerprint density at radius 3 is 1.34 bits per heavy atom. The second kappa shape index (κ2) is 18.7. The van der Waals surface area contributed by atoms with Gasteiger partial charge in [0.25, 0.3) is 0 Å². The van der Waals surface area contributed by atoms with Crippen molar-refractivity contribution < 1.29 is 42.6 Å². The molecule has 296 valence electrons. The van der Waals surface area contributed by atoms with E-state index in [4.69, 9.17) is 42.6 Å². The third-order valence-corrected chi connectivity index (χ3v) is 12.2. The summed E-state index contributed by atoms with van der Waals surface area (Å²) >= 11 is 0. The van der Waals surface area contributed by atoms with Gasteiger partial charge < -0.3 is 42.6 Å². The van der Waals surface area contributed by atoms with Crippen molar-refractivity contribution in [3.63, 3.8) is 0 Å². The molecule has 0 aromatic carbocycles. The van der Waals surface area contributed by atoms with E-state index in [-0.39, 0.29) is 57.8 Å². The van der Waals surface area contributed by atoms with Gasteiger partial charge in [0.15, 0.2) is 0 Å². The Kier molecular flexibility index (Phi) is 16.4. The Morgan fingerprint density at radius 2 is 0.900 bits per heavy atom. The lowest BCUT2D eigenvalue weighted by molar-refractivity contribution is -0.227. The van der Waals surface area contributed by atoms with Gasteiger partial charge in [-0.1, -0.05) is 20.8 Å². The first-order chi connectivity index (χ1) is 23.2. The molecule has 3 aliphatic heterocycles. The molecule has 0 aromatic rings. The molecule has 0 bridgehead atoms. The molecule has 50 heavy (non-hydrogen) atoms. The van der Waals surface area contributed by atoms with Crippen molar-refractivity contribution in [3.05, 3.63) is 0 Å². The maximum atomic E-state index is 7.15. The second-order valence-corrected chi connectivity index (χ2v) is 17.9. The van der Waals surface area contributed by atoms with Gasteiger partial charge in [0.1, 0.15) is 60.8 Å². The predicted molar refractivity (Wildman–Crippen MR) is 194 cm³/mol. The Morgan fingerprint density at radius 1 is 0.520 bits per heavy atom. The Hall–Kier alpha value is -0.480. The smallest absolute Gasteiger partial charge is 0.150 e. The molecule has 0 N–H and O–H groups in total. The van der Waals surface area contributed by atoms with Crippen LogP contribution < -0.4 is 0 Å². The summed E-state index contributed by atoms with van der Waals surface area (Å²) < 4.78 is 53.9. The van der Waals surface area contributed by atoms with Gasteiger partial charge in [0.2, 0.25) is 0 Å². The zero-order valence-electron chi connectivity index (χ0n) is 34.3. The number of hydrogen-bond acceptors (Lipinski definition) is 12. The molecular weight excluding hydrogens is 642 g/mol. The van der Waals surface area contributed by atoms with Gasteiger partial charge >= 0.3 is 0 Å². The van der Waals surface area contributed by atoms with E-state index in [1.165, 1.54) is 0 Å². The number of rotatable bonds is 20. The molecule has 0 spiro atoms. The molecule has 3 rings (SSSR count). The van der Waals surface area contributed by atoms with Crippen LogP contribution in [0.1, 0.15) is 116 Å². The summed E-state index contributed by atoms with van der Waals surface area (Å²) in [5.74, 6) is 0.701. The van der Waals surface area contributed by atoms with Gasteiger partial charge in [-0.3, -0.25) is 14.7 Å². The molecule has 3 heterocycles. The lowest BCUT2D eigenvalue weighted by Gasteiger charge is -2.48. The summed E-state index contributed by atoms with van der Waals surface area (Å²) in [6.07, 6.45) is 2.41. The first-order valence-electron chi connectivity index (χ1n) is 18.8. The first kappa shape index (κ1) is 43.9. The number of nitrogens with zero attached hydrogens (tertiary/aromatic N) is 3. The lowest BCUT2D eigenvalue weighted by Crippen LogP contribution is -2.56. The Balaban J connectivity index is 1.63. The van der Waals surface area contributed by atoms with E-state index in [0.29, 0.717) is 74.0 Å². The van der Waals surface area contributed by atoms with Gasteiger partial charge in [-0.05, 0) is 107 Å². The molecule has 5 atom stereocenters. The molecule has 0 aromatic heterocycles. The summed E-state index contributed by atoms with van der Waals surface area (Å²) in [5, 5.41) is 0. The van der Waals surface area contributed by atoms with Crippen LogP contribution in [0.4, 0.5) is 0 Å². The Labute approximate surface area is 305 Å². The van der Waals surface area contributed by atoms with Crippen LogP contribution in [0.15, 0.2) is 0 Å². The van der Waals surface area contributed by atoms with Crippen LogP contribution in [-0.4, -0.2) is 129 Å². The quantitative estimate of drug-likeness (QED) is 0.139. The largest absolute Gasteiger partial charge is 0.378 e. The third kappa shape index (κ3) is 12.6. The summed E-state index contributed by atoms with van der Waals surface area (Å²) in [4.78, 5) is 6.71. The van der Waals surface area contributed by atoms with E-state index >= 15 is 0 Å². The highest BCUT2D eigenvalue weighted by atomic mass is 16.7. The normalized spacial score (nSPS) is 23.4. The van der Waals surface area contributed by atoms with Gasteiger partial charge in [-0.25, -0.2) is 0 Å². The van der Waals surface area contributed by atoms with Crippen LogP contribution in [-0.2, 0) is 42.6 Å². The van der Waals surface area contributed by atoms with Crippen molar-refractivity contribution in [2.45, 2.75) is 156 Å². The fraction of sp³-hybridized carbons (Fsp3) is 1.00. The minimum Gasteiger partial charge on any atom is -0.378 e. The monoisotopic (exact) mass is 718 g/mol. The zero-order valence-corrected chi connectivity index (χ0v) is 34.3. The van der Waals surface area contributed by atoms with Crippen LogP contribution in [0.3, 0.4) is 0 Å². The predicted octanol–water partition coefficient (Wildman–Crippen LogP) is 6.43. The summed E-state index contributed by atoms with van der Waals surface area (Å²) in [6.45, 7) is 36.9. The van der Waals surface area contributed by atoms with E-state index in [2.05, 4.69) is 112 Å². The van der Waals surface area contributed by atoms with Crippen LogP contribution in [0.25, 0.3) is 0 Å². The fourth-order valence-electron chi connectivity index (χ4n) is 6.50. The molecule has 3 saturated heterocycles. The highest BCUT2D eigenvalue weighted by molar-refractivity contribution is 4.93. The van der Waals surface area contributed by atoms with E-state index in [0.717, 1.165) is 19.3 Å². The van der Waals surface area contributed by atoms with Crippen LogP contribution >= 0.6 is 0 Å². The fourth-order valence-corrected chi connectivity index (χ4v) is 6.50. The average molecular weight is 718 g/mol. The van der Waals surface area contributed by atoms with Gasteiger partial charge in [0.05, 0.1) is 36.6 Å². The summed E-state index contributed by atoms with van der Waals surface area (Å²) in [7, 11) is 0. The minimum absolute atomic E-state index is 0.00432. The van der Waals surface area contributed by atoms with Crippen LogP contribution in [0, 0.1) is 17.8 Å². The lowest BCUT2D eigenvalue weighted by atomic mass is 9.81. The van der Waals surface area contributed by atoms with Crippen molar-refractivity contribution in [1.29, 1.82) is 0 Å². The molecule has 0 aliphatic carbocycles. The molecule has 0 radical (unpaired) electrons. The molecule has 0 amide bonds. The molecule has 12 heteroatoms. The van der Waals surface area contributed by atoms with Gasteiger partial charge in [-0.15, -0.1) is 0 Å². The summed E-state index contributed by atoms with van der Waals surface area (Å²) in [5.41, 5.74) is -1.20. The highest BCUT2D eigenvalue weighted by Crippen LogP contribution is 2.37. The van der Waals surface area contributed by atoms with E-state index in [1.807, 2.05) is 0 Å². The van der Waals surface area contributed by atoms with Crippen molar-refractivity contribution in [2.75, 3.05) is 74.0 Å². The molecule has 5 unspecified atom stereocenters. The first-order valence-corrected chi connectivity index (χ1v) is 18.8. The molecule has 12 nitrogen and oxygen atoms in total. The number of hydrogen-bond donors (Lipinski definition) is 0. The molecule has 3 fully saturated rings. The van der Waals surface area contributed by atoms with Crippen LogP contribution in [0.2, 0.25) is 0 Å². The average Bonchev–Trinajstić information content (AvgIpc) is 3.09. The maximum absolute atomic E-state index is 7.15. The minimum atomic E-state index is -0.388. The zero-order chi connectivity index (χ0) is 37.4. The van der Waals surface area contributed by atoms with Gasteiger partial charge in [0, 0.05) is 22.5 Å². The van der Waals surface area contributed by atoms with Gasteiger partial charge in [-0.2, -0.15) is 0 Å². The second-order valence-electron chi connectivity index (χ2n) is 17.9. The third-order valence-electron chi connectivity index (χ3n) is 12.2. The highest BCUT2D eigenvalue weighted by Gasteiger charge is 2.42. The van der Waals surface area contributed by atoms with Crippen LogP contribution in [0.5, 0.6) is 0 Å². The van der Waals surface area contributed by atoms with Crippen molar-refractivity contribution in [1.82, 2.24) is 14.7 Å². The van der Waals surface area contributed by atoms with E-state index in [9.17, 15) is 0 Å². The van der Waals surface area contributed by atoms with Crippen molar-refractivity contribution >= 4 is 0 Å². The molecular formula is C38H75N3O9. The molecule has 0 saturated carbocycles. The topological polar surface area (TPSA) is 92.8 Å². The summed E-state index contributed by atoms with van der Waals surface area (Å²) in [6, 6.07) is 0. The maximum Gasteiger partial charge on any atom is 0.150 e. The van der Waals surface area contributed by atoms with Crippen molar-refractivity contribution in [2.24, 2.45) is 17.8 Å². The Bertz CT molecular complexity index is 977. The standard InChI is InChI=1S/C38H75N3O9/c1-29(36(9,10)39-20-42-26-43-21-39)18-48-31(3)17-33(32(4)38(13,14)41-24-46-28-47-25-41)50-35(7,8)16-15-34(5,6)49-19-30(2)37(11,12)40-22-44-27-45-23-40/h29-33H,15-28H2,1-14H3. The SMILES string of the molecule is CC(CC(OC(C)(C)CCC(C)(C)OCC(C)C(C)(C)N1COCOC1)C(C)C(C)(C)N1COCOC1)OCC(C)C(C)(C)N1COCOC1. The molecule has 3 aliphatic rings.